The van der Waals surface area contributed by atoms with Gasteiger partial charge in [0.25, 0.3) is 0 Å². The molecule has 1 aromatic heterocycles. The molecule has 0 radical (unpaired) electrons. The lowest BCUT2D eigenvalue weighted by atomic mass is 9.94. The van der Waals surface area contributed by atoms with Gasteiger partial charge >= 0.3 is 5.69 Å². The summed E-state index contributed by atoms with van der Waals surface area (Å²) in [6.45, 7) is 7.02. The summed E-state index contributed by atoms with van der Waals surface area (Å²) in [6, 6.07) is 10.2. The number of hydrogen-bond acceptors (Lipinski definition) is 4. The minimum atomic E-state index is -0.409. The summed E-state index contributed by atoms with van der Waals surface area (Å²) in [5, 5.41) is 3.02. The van der Waals surface area contributed by atoms with Crippen molar-refractivity contribution in [2.24, 2.45) is 5.92 Å². The highest BCUT2D eigenvalue weighted by molar-refractivity contribution is 5.75. The van der Waals surface area contributed by atoms with E-state index >= 15 is 0 Å². The second-order valence-corrected chi connectivity index (χ2v) is 7.43. The first-order valence-corrected chi connectivity index (χ1v) is 9.62. The van der Waals surface area contributed by atoms with Crippen molar-refractivity contribution in [3.05, 3.63) is 64.3 Å². The van der Waals surface area contributed by atoms with E-state index in [0.29, 0.717) is 6.54 Å². The van der Waals surface area contributed by atoms with Crippen LogP contribution in [-0.2, 0) is 11.3 Å². The van der Waals surface area contributed by atoms with Gasteiger partial charge in [-0.15, -0.1) is 0 Å². The fraction of sp³-hybridized carbons (Fsp3) is 0.476. The second kappa shape index (κ2) is 8.95. The Labute approximate surface area is 160 Å². The van der Waals surface area contributed by atoms with Crippen LogP contribution >= 0.6 is 0 Å². The summed E-state index contributed by atoms with van der Waals surface area (Å²) in [5.41, 5.74) is 2.08. The average molecular weight is 368 g/mol. The number of piperidine rings is 1. The van der Waals surface area contributed by atoms with E-state index in [0.717, 1.165) is 19.0 Å². The Morgan fingerprint density at radius 3 is 2.70 bits per heavy atom. The van der Waals surface area contributed by atoms with Gasteiger partial charge in [0.05, 0.1) is 6.04 Å². The molecule has 1 fully saturated rings. The molecule has 1 N–H and O–H groups in total. The van der Waals surface area contributed by atoms with Gasteiger partial charge in [-0.25, -0.2) is 9.78 Å². The van der Waals surface area contributed by atoms with Crippen LogP contribution in [0, 0.1) is 12.8 Å². The molecule has 1 atom stereocenters. The van der Waals surface area contributed by atoms with Crippen LogP contribution in [0.1, 0.15) is 36.9 Å². The molecule has 1 aromatic carbocycles. The molecule has 0 bridgehead atoms. The number of nitrogens with one attached hydrogen (secondary N) is 1. The smallest absolute Gasteiger partial charge is 0.347 e. The third kappa shape index (κ3) is 5.04. The van der Waals surface area contributed by atoms with E-state index < -0.39 is 5.69 Å². The number of benzene rings is 1. The molecule has 1 saturated heterocycles. The van der Waals surface area contributed by atoms with Crippen LogP contribution in [0.4, 0.5) is 0 Å². The summed E-state index contributed by atoms with van der Waals surface area (Å²) < 4.78 is 1.32. The molecule has 1 aliphatic heterocycles. The van der Waals surface area contributed by atoms with Crippen molar-refractivity contribution >= 4 is 5.91 Å². The fourth-order valence-corrected chi connectivity index (χ4v) is 3.67. The second-order valence-electron chi connectivity index (χ2n) is 7.43. The molecule has 3 rings (SSSR count). The summed E-state index contributed by atoms with van der Waals surface area (Å²) in [6.07, 6.45) is 5.38. The summed E-state index contributed by atoms with van der Waals surface area (Å²) in [7, 11) is 0. The molecule has 1 aliphatic rings. The monoisotopic (exact) mass is 368 g/mol. The summed E-state index contributed by atoms with van der Waals surface area (Å²) >= 11 is 0. The van der Waals surface area contributed by atoms with Crippen LogP contribution in [0.25, 0.3) is 0 Å². The number of carbonyl (C=O) groups is 1. The van der Waals surface area contributed by atoms with E-state index in [2.05, 4.69) is 47.2 Å². The Kier molecular flexibility index (Phi) is 6.40. The standard InChI is InChI=1S/C21H28N4O2/c1-16-8-12-24(13-9-16)19(18-7-4-3-6-17(18)2)14-23-20(26)15-25-11-5-10-22-21(25)27/h3-7,10-11,16,19H,8-9,12-15H2,1-2H3,(H,23,26)/t19-/m0/s1. The minimum absolute atomic E-state index is 0.00972. The van der Waals surface area contributed by atoms with Gasteiger partial charge in [0.1, 0.15) is 6.54 Å². The van der Waals surface area contributed by atoms with Gasteiger partial charge in [0.2, 0.25) is 5.91 Å². The predicted molar refractivity (Wildman–Crippen MR) is 105 cm³/mol. The highest BCUT2D eigenvalue weighted by Gasteiger charge is 2.26. The zero-order chi connectivity index (χ0) is 19.2. The molecule has 0 unspecified atom stereocenters. The molecule has 6 heteroatoms. The highest BCUT2D eigenvalue weighted by Crippen LogP contribution is 2.28. The van der Waals surface area contributed by atoms with Gasteiger partial charge in [-0.05, 0) is 56.0 Å². The van der Waals surface area contributed by atoms with E-state index in [1.165, 1.54) is 34.7 Å². The van der Waals surface area contributed by atoms with Gasteiger partial charge in [0.15, 0.2) is 0 Å². The number of carbonyl (C=O) groups excluding carboxylic acids is 1. The van der Waals surface area contributed by atoms with E-state index in [1.807, 2.05) is 6.07 Å². The summed E-state index contributed by atoms with van der Waals surface area (Å²) in [5.74, 6) is 0.583. The molecule has 144 valence electrons. The molecule has 0 saturated carbocycles. The first kappa shape index (κ1) is 19.3. The van der Waals surface area contributed by atoms with Crippen LogP contribution in [0.3, 0.4) is 0 Å². The average Bonchev–Trinajstić information content (AvgIpc) is 2.66. The zero-order valence-electron chi connectivity index (χ0n) is 16.1. The summed E-state index contributed by atoms with van der Waals surface area (Å²) in [4.78, 5) is 30.3. The molecular formula is C21H28N4O2. The Morgan fingerprint density at radius 1 is 1.26 bits per heavy atom. The Hall–Kier alpha value is -2.47. The lowest BCUT2D eigenvalue weighted by molar-refractivity contribution is -0.122. The SMILES string of the molecule is Cc1ccccc1[C@H](CNC(=O)Cn1cccnc1=O)N1CCC(C)CC1. The highest BCUT2D eigenvalue weighted by atomic mass is 16.2. The number of hydrogen-bond donors (Lipinski definition) is 1. The minimum Gasteiger partial charge on any atom is -0.353 e. The van der Waals surface area contributed by atoms with E-state index in [9.17, 15) is 9.59 Å². The van der Waals surface area contributed by atoms with Crippen molar-refractivity contribution in [3.63, 3.8) is 0 Å². The third-order valence-corrected chi connectivity index (χ3v) is 5.40. The molecule has 1 amide bonds. The van der Waals surface area contributed by atoms with Crippen molar-refractivity contribution in [1.29, 1.82) is 0 Å². The molecule has 0 spiro atoms. The number of nitrogens with zero attached hydrogens (tertiary/aromatic N) is 3. The first-order valence-electron chi connectivity index (χ1n) is 9.62. The lowest BCUT2D eigenvalue weighted by Gasteiger charge is -2.37. The van der Waals surface area contributed by atoms with Gasteiger partial charge in [-0.1, -0.05) is 31.2 Å². The number of rotatable bonds is 6. The van der Waals surface area contributed by atoms with Gasteiger partial charge in [0, 0.05) is 18.9 Å². The maximum atomic E-state index is 12.4. The van der Waals surface area contributed by atoms with Gasteiger partial charge in [-0.2, -0.15) is 0 Å². The predicted octanol–water partition coefficient (Wildman–Crippen LogP) is 2.14. The van der Waals surface area contributed by atoms with E-state index in [1.54, 1.807) is 12.3 Å². The normalized spacial score (nSPS) is 16.8. The molecular weight excluding hydrogens is 340 g/mol. The van der Waals surface area contributed by atoms with Crippen molar-refractivity contribution < 1.29 is 4.79 Å². The molecule has 6 nitrogen and oxygen atoms in total. The van der Waals surface area contributed by atoms with Crippen LogP contribution in [0.15, 0.2) is 47.5 Å². The van der Waals surface area contributed by atoms with Crippen molar-refractivity contribution in [1.82, 2.24) is 19.8 Å². The number of aryl methyl sites for hydroxylation is 1. The maximum Gasteiger partial charge on any atom is 0.347 e. The topological polar surface area (TPSA) is 67.2 Å². The molecule has 2 aromatic rings. The molecule has 2 heterocycles. The van der Waals surface area contributed by atoms with Crippen LogP contribution in [0.5, 0.6) is 0 Å². The fourth-order valence-electron chi connectivity index (χ4n) is 3.67. The Bertz CT molecular complexity index is 825. The maximum absolute atomic E-state index is 12.4. The third-order valence-electron chi connectivity index (χ3n) is 5.40. The van der Waals surface area contributed by atoms with Gasteiger partial charge in [-0.3, -0.25) is 14.3 Å². The van der Waals surface area contributed by atoms with Crippen LogP contribution < -0.4 is 11.0 Å². The van der Waals surface area contributed by atoms with Crippen LogP contribution in [0.2, 0.25) is 0 Å². The van der Waals surface area contributed by atoms with Crippen molar-refractivity contribution in [2.45, 2.75) is 39.3 Å². The Balaban J connectivity index is 1.70. The largest absolute Gasteiger partial charge is 0.353 e. The van der Waals surface area contributed by atoms with Crippen LogP contribution in [-0.4, -0.2) is 40.0 Å². The number of aromatic nitrogens is 2. The quantitative estimate of drug-likeness (QED) is 0.848. The molecule has 27 heavy (non-hydrogen) atoms. The first-order chi connectivity index (χ1) is 13.0. The van der Waals surface area contributed by atoms with Gasteiger partial charge < -0.3 is 5.32 Å². The molecule has 0 aliphatic carbocycles. The van der Waals surface area contributed by atoms with E-state index in [-0.39, 0.29) is 18.5 Å². The zero-order valence-corrected chi connectivity index (χ0v) is 16.1. The Morgan fingerprint density at radius 2 is 2.00 bits per heavy atom. The van der Waals surface area contributed by atoms with Crippen molar-refractivity contribution in [2.75, 3.05) is 19.6 Å². The number of amides is 1. The lowest BCUT2D eigenvalue weighted by Crippen LogP contribution is -2.43. The number of likely N-dealkylation sites (tertiary alicyclic amines) is 1. The van der Waals surface area contributed by atoms with E-state index in [4.69, 9.17) is 0 Å². The van der Waals surface area contributed by atoms with Crippen molar-refractivity contribution in [3.8, 4) is 0 Å².